The number of amides is 3. The van der Waals surface area contributed by atoms with Crippen molar-refractivity contribution in [3.05, 3.63) is 160 Å². The van der Waals surface area contributed by atoms with E-state index in [9.17, 15) is 22.8 Å². The van der Waals surface area contributed by atoms with Crippen LogP contribution >= 0.6 is 11.6 Å². The molecule has 2 atom stereocenters. The number of halogens is 1. The SMILES string of the molecule is Cc1cc(C)cc(C(=O)N(C)[C@H](Cc2ccc(-c3ccccc3)cc2)C(=O)N[C@H](C(=O)Nc2ccc(Cl)cc2)C(c2c[nH]c3ccccc23)=S(=O)=O)c1. The summed E-state index contributed by atoms with van der Waals surface area (Å²) in [6, 6.07) is 33.4. The van der Waals surface area contributed by atoms with Crippen LogP contribution in [0.4, 0.5) is 5.69 Å². The predicted octanol–water partition coefficient (Wildman–Crippen LogP) is 7.01. The fraction of sp³-hybridized carbons (Fsp3) is 0.143. The molecule has 0 saturated heterocycles. The van der Waals surface area contributed by atoms with E-state index in [0.29, 0.717) is 27.2 Å². The molecule has 6 rings (SSSR count). The summed E-state index contributed by atoms with van der Waals surface area (Å²) in [6.45, 7) is 3.77. The minimum atomic E-state index is -2.97. The normalized spacial score (nSPS) is 12.1. The summed E-state index contributed by atoms with van der Waals surface area (Å²) >= 11 is 6.06. The number of aryl methyl sites for hydroxylation is 2. The molecule has 0 spiro atoms. The molecule has 5 aromatic carbocycles. The smallest absolute Gasteiger partial charge is 0.254 e. The van der Waals surface area contributed by atoms with Crippen LogP contribution in [0.2, 0.25) is 5.02 Å². The summed E-state index contributed by atoms with van der Waals surface area (Å²) in [5, 5.41) is 6.44. The van der Waals surface area contributed by atoms with Crippen molar-refractivity contribution >= 4 is 61.1 Å². The van der Waals surface area contributed by atoms with E-state index in [2.05, 4.69) is 15.6 Å². The second-order valence-electron chi connectivity index (χ2n) is 12.9. The van der Waals surface area contributed by atoms with Gasteiger partial charge in [0.1, 0.15) is 16.9 Å². The number of anilines is 1. The lowest BCUT2D eigenvalue weighted by molar-refractivity contribution is -0.128. The third-order valence-corrected chi connectivity index (χ3v) is 10.1. The summed E-state index contributed by atoms with van der Waals surface area (Å²) in [5.74, 6) is -1.94. The number of carbonyl (C=O) groups excluding carboxylic acids is 3. The van der Waals surface area contributed by atoms with Gasteiger partial charge in [-0.3, -0.25) is 14.4 Å². The van der Waals surface area contributed by atoms with E-state index in [1.165, 1.54) is 18.1 Å². The first-order valence-corrected chi connectivity index (χ1v) is 18.3. The van der Waals surface area contributed by atoms with Crippen molar-refractivity contribution in [2.24, 2.45) is 0 Å². The number of para-hydroxylation sites is 1. The Morgan fingerprint density at radius 3 is 2.06 bits per heavy atom. The van der Waals surface area contributed by atoms with Crippen LogP contribution in [-0.4, -0.2) is 60.0 Å². The van der Waals surface area contributed by atoms with E-state index in [1.807, 2.05) is 74.5 Å². The molecule has 0 bridgehead atoms. The molecule has 0 saturated carbocycles. The van der Waals surface area contributed by atoms with E-state index in [0.717, 1.165) is 27.8 Å². The van der Waals surface area contributed by atoms with Crippen LogP contribution in [-0.2, 0) is 26.3 Å². The van der Waals surface area contributed by atoms with Gasteiger partial charge in [0.2, 0.25) is 16.2 Å². The zero-order valence-electron chi connectivity index (χ0n) is 29.3. The summed E-state index contributed by atoms with van der Waals surface area (Å²) in [7, 11) is -1.45. The van der Waals surface area contributed by atoms with Gasteiger partial charge in [-0.1, -0.05) is 102 Å². The van der Waals surface area contributed by atoms with Crippen molar-refractivity contribution < 1.29 is 22.8 Å². The van der Waals surface area contributed by atoms with Crippen LogP contribution in [0.5, 0.6) is 0 Å². The molecule has 9 nitrogen and oxygen atoms in total. The number of likely N-dealkylation sites (N-methyl/N-ethyl adjacent to an activating group) is 1. The molecule has 268 valence electrons. The number of fused-ring (bicyclic) bond motifs is 1. The Balaban J connectivity index is 1.40. The Kier molecular flexibility index (Phi) is 11.2. The number of hydrogen-bond acceptors (Lipinski definition) is 5. The highest BCUT2D eigenvalue weighted by Crippen LogP contribution is 2.23. The Morgan fingerprint density at radius 2 is 1.40 bits per heavy atom. The van der Waals surface area contributed by atoms with Crippen molar-refractivity contribution in [2.45, 2.75) is 32.4 Å². The zero-order chi connectivity index (χ0) is 37.6. The molecule has 6 aromatic rings. The lowest BCUT2D eigenvalue weighted by Crippen LogP contribution is -2.56. The number of aromatic nitrogens is 1. The second kappa shape index (κ2) is 16.1. The number of rotatable bonds is 11. The number of nitrogens with one attached hydrogen (secondary N) is 3. The number of H-pyrrole nitrogens is 1. The lowest BCUT2D eigenvalue weighted by atomic mass is 9.98. The van der Waals surface area contributed by atoms with E-state index < -0.39 is 40.1 Å². The third kappa shape index (κ3) is 8.57. The zero-order valence-corrected chi connectivity index (χ0v) is 30.8. The van der Waals surface area contributed by atoms with Crippen LogP contribution in [0, 0.1) is 13.8 Å². The Labute approximate surface area is 314 Å². The minimum absolute atomic E-state index is 0.0718. The van der Waals surface area contributed by atoms with Crippen LogP contribution < -0.4 is 10.6 Å². The number of aromatic amines is 1. The maximum absolute atomic E-state index is 14.6. The Bertz CT molecular complexity index is 2420. The first-order valence-electron chi connectivity index (χ1n) is 16.9. The third-order valence-electron chi connectivity index (χ3n) is 9.01. The monoisotopic (exact) mass is 744 g/mol. The number of hydrogen-bond donors (Lipinski definition) is 3. The van der Waals surface area contributed by atoms with Gasteiger partial charge in [0.25, 0.3) is 11.8 Å². The lowest BCUT2D eigenvalue weighted by Gasteiger charge is -2.30. The van der Waals surface area contributed by atoms with Gasteiger partial charge in [-0.25, -0.2) is 0 Å². The summed E-state index contributed by atoms with van der Waals surface area (Å²) in [6.07, 6.45) is 1.56. The molecule has 0 radical (unpaired) electrons. The van der Waals surface area contributed by atoms with E-state index in [1.54, 1.807) is 60.7 Å². The topological polar surface area (TPSA) is 128 Å². The van der Waals surface area contributed by atoms with Crippen molar-refractivity contribution in [3.8, 4) is 11.1 Å². The van der Waals surface area contributed by atoms with Crippen molar-refractivity contribution in [1.29, 1.82) is 0 Å². The van der Waals surface area contributed by atoms with Crippen molar-refractivity contribution in [2.75, 3.05) is 12.4 Å². The van der Waals surface area contributed by atoms with E-state index >= 15 is 0 Å². The summed E-state index contributed by atoms with van der Waals surface area (Å²) in [5.41, 5.74) is 6.11. The predicted molar refractivity (Wildman–Crippen MR) is 211 cm³/mol. The maximum Gasteiger partial charge on any atom is 0.254 e. The van der Waals surface area contributed by atoms with Gasteiger partial charge in [-0.2, -0.15) is 8.42 Å². The minimum Gasteiger partial charge on any atom is -0.361 e. The number of benzene rings is 5. The highest BCUT2D eigenvalue weighted by Gasteiger charge is 2.35. The Hall–Kier alpha value is -5.97. The average molecular weight is 745 g/mol. The Morgan fingerprint density at radius 1 is 0.774 bits per heavy atom. The van der Waals surface area contributed by atoms with E-state index in [-0.39, 0.29) is 16.8 Å². The highest BCUT2D eigenvalue weighted by molar-refractivity contribution is 7.73. The molecule has 0 fully saturated rings. The van der Waals surface area contributed by atoms with Crippen LogP contribution in [0.15, 0.2) is 128 Å². The molecule has 0 aliphatic rings. The molecule has 0 aliphatic carbocycles. The molecule has 3 N–H and O–H groups in total. The largest absolute Gasteiger partial charge is 0.361 e. The van der Waals surface area contributed by atoms with Gasteiger partial charge in [0.15, 0.2) is 0 Å². The molecular weight excluding hydrogens is 708 g/mol. The molecule has 1 aromatic heterocycles. The second-order valence-corrected chi connectivity index (χ2v) is 14.2. The van der Waals surface area contributed by atoms with Gasteiger partial charge >= 0.3 is 0 Å². The summed E-state index contributed by atoms with van der Waals surface area (Å²) < 4.78 is 26.2. The van der Waals surface area contributed by atoms with Crippen LogP contribution in [0.25, 0.3) is 22.0 Å². The van der Waals surface area contributed by atoms with Gasteiger partial charge in [0, 0.05) is 52.4 Å². The molecule has 11 heteroatoms. The molecule has 53 heavy (non-hydrogen) atoms. The molecule has 0 aliphatic heterocycles. The fourth-order valence-corrected chi connectivity index (χ4v) is 7.22. The first-order chi connectivity index (χ1) is 25.5. The average Bonchev–Trinajstić information content (AvgIpc) is 3.57. The number of nitrogens with zero attached hydrogens (tertiary/aromatic N) is 1. The van der Waals surface area contributed by atoms with Gasteiger partial charge in [0.05, 0.1) is 0 Å². The maximum atomic E-state index is 14.6. The van der Waals surface area contributed by atoms with Gasteiger partial charge < -0.3 is 20.5 Å². The molecule has 0 unspecified atom stereocenters. The van der Waals surface area contributed by atoms with Crippen LogP contribution in [0.1, 0.15) is 32.6 Å². The van der Waals surface area contributed by atoms with E-state index in [4.69, 9.17) is 11.6 Å². The molecule has 1 heterocycles. The standard InChI is InChI=1S/C42H37ClN4O5S/c1-26-21-27(2)23-31(22-26)42(50)47(3)37(24-28-13-15-30(16-14-28)29-9-5-4-6-10-29)40(48)46-38(41(49)45-33-19-17-32(43)18-20-33)39(53(51)52)35-25-44-36-12-8-7-11-34(35)36/h4-23,25,37-38,44H,24H2,1-3H3,(H,45,49)(H,46,48)/t37-,38+/m1/s1. The van der Waals surface area contributed by atoms with Gasteiger partial charge in [-0.15, -0.1) is 0 Å². The molecule has 3 amide bonds. The molecular formula is C42H37ClN4O5S. The fourth-order valence-electron chi connectivity index (χ4n) is 6.39. The highest BCUT2D eigenvalue weighted by atomic mass is 35.5. The quantitative estimate of drug-likeness (QED) is 0.0972. The van der Waals surface area contributed by atoms with Gasteiger partial charge in [-0.05, 0) is 73.0 Å². The first kappa shape index (κ1) is 36.8. The number of carbonyl (C=O) groups is 3. The summed E-state index contributed by atoms with van der Waals surface area (Å²) in [4.78, 5) is 46.8. The van der Waals surface area contributed by atoms with Crippen molar-refractivity contribution in [3.63, 3.8) is 0 Å². The van der Waals surface area contributed by atoms with Crippen LogP contribution in [0.3, 0.4) is 0 Å². The van der Waals surface area contributed by atoms with Crippen molar-refractivity contribution in [1.82, 2.24) is 15.2 Å².